The third-order valence-corrected chi connectivity index (χ3v) is 5.36. The zero-order valence-electron chi connectivity index (χ0n) is 13.6. The van der Waals surface area contributed by atoms with E-state index in [4.69, 9.17) is 0 Å². The highest BCUT2D eigenvalue weighted by atomic mass is 32.8. The molecule has 1 aliphatic heterocycles. The average Bonchev–Trinajstić information content (AvgIpc) is 2.61. The summed E-state index contributed by atoms with van der Waals surface area (Å²) in [5.41, 5.74) is 1.04. The number of carbonyl (C=O) groups is 1. The van der Waals surface area contributed by atoms with Crippen molar-refractivity contribution in [2.75, 3.05) is 11.4 Å². The number of pyridine rings is 1. The molecule has 3 rings (SSSR count). The van der Waals surface area contributed by atoms with Gasteiger partial charge in [0.2, 0.25) is 14.9 Å². The molecule has 0 radical (unpaired) electrons. The summed E-state index contributed by atoms with van der Waals surface area (Å²) >= 11 is 4.34. The van der Waals surface area contributed by atoms with Crippen molar-refractivity contribution < 1.29 is 18.8 Å². The fourth-order valence-electron chi connectivity index (χ4n) is 2.91. The standard InChI is InChI=1S/C16H17N3O5S2/c20-15-5-1-2-10-17(15)12-6-8-13(9-7-12)18-11-3-4-14(16(18)21)19(22)26(23,24)25/h1-2,5-10,14,22H,3-4,11H2,(H,23,24,25). The lowest BCUT2D eigenvalue weighted by molar-refractivity contribution is -0.134. The molecule has 1 amide bonds. The minimum Gasteiger partial charge on any atom is -0.311 e. The molecule has 0 aliphatic carbocycles. The number of hydrogen-bond acceptors (Lipinski definition) is 5. The molecule has 2 N–H and O–H groups in total. The van der Waals surface area contributed by atoms with Crippen LogP contribution in [0.1, 0.15) is 12.8 Å². The van der Waals surface area contributed by atoms with Gasteiger partial charge in [-0.15, -0.1) is 0 Å². The number of nitrogens with zero attached hydrogens (tertiary/aromatic N) is 3. The number of aromatic nitrogens is 1. The average molecular weight is 395 g/mol. The van der Waals surface area contributed by atoms with Crippen LogP contribution in [0.3, 0.4) is 0 Å². The van der Waals surface area contributed by atoms with Crippen molar-refractivity contribution in [3.8, 4) is 5.69 Å². The van der Waals surface area contributed by atoms with Gasteiger partial charge < -0.3 is 4.90 Å². The Labute approximate surface area is 154 Å². The van der Waals surface area contributed by atoms with Crippen molar-refractivity contribution in [2.24, 2.45) is 0 Å². The summed E-state index contributed by atoms with van der Waals surface area (Å²) in [6, 6.07) is 10.4. The Hall–Kier alpha value is -2.11. The van der Waals surface area contributed by atoms with E-state index in [0.717, 1.165) is 0 Å². The van der Waals surface area contributed by atoms with Crippen molar-refractivity contribution in [3.05, 3.63) is 59.0 Å². The Bertz CT molecular complexity index is 972. The first-order valence-electron chi connectivity index (χ1n) is 7.84. The SMILES string of the molecule is O=C1C(N(O)S(=O)(O)=S)CCCN1c1ccc(-n2ccccc2=O)cc1. The van der Waals surface area contributed by atoms with Gasteiger partial charge in [-0.05, 0) is 43.2 Å². The summed E-state index contributed by atoms with van der Waals surface area (Å²) in [4.78, 5) is 25.9. The van der Waals surface area contributed by atoms with Crippen molar-refractivity contribution >= 4 is 31.7 Å². The second kappa shape index (κ2) is 7.25. The third kappa shape index (κ3) is 3.69. The predicted molar refractivity (Wildman–Crippen MR) is 99.2 cm³/mol. The van der Waals surface area contributed by atoms with Crippen molar-refractivity contribution in [3.63, 3.8) is 0 Å². The number of benzene rings is 1. The van der Waals surface area contributed by atoms with Crippen LogP contribution in [0, 0.1) is 0 Å². The lowest BCUT2D eigenvalue weighted by Gasteiger charge is -2.34. The Morgan fingerprint density at radius 1 is 1.12 bits per heavy atom. The van der Waals surface area contributed by atoms with Gasteiger partial charge in [0.1, 0.15) is 6.04 Å². The van der Waals surface area contributed by atoms with Gasteiger partial charge in [-0.1, -0.05) is 10.5 Å². The largest absolute Gasteiger partial charge is 0.311 e. The van der Waals surface area contributed by atoms with Crippen LogP contribution in [0.2, 0.25) is 0 Å². The van der Waals surface area contributed by atoms with Gasteiger partial charge in [0.05, 0.1) is 0 Å². The fraction of sp³-hybridized carbons (Fsp3) is 0.250. The Balaban J connectivity index is 1.86. The maximum absolute atomic E-state index is 12.6. The number of anilines is 1. The number of piperidine rings is 1. The van der Waals surface area contributed by atoms with E-state index in [1.807, 2.05) is 0 Å². The molecular weight excluding hydrogens is 378 g/mol. The molecule has 2 unspecified atom stereocenters. The highest BCUT2D eigenvalue weighted by Gasteiger charge is 2.37. The van der Waals surface area contributed by atoms with Gasteiger partial charge in [-0.2, -0.15) is 0 Å². The summed E-state index contributed by atoms with van der Waals surface area (Å²) in [5, 5.41) is 9.79. The minimum atomic E-state index is -4.05. The van der Waals surface area contributed by atoms with Crippen molar-refractivity contribution in [1.82, 2.24) is 9.04 Å². The molecule has 2 heterocycles. The van der Waals surface area contributed by atoms with E-state index in [1.54, 1.807) is 42.6 Å². The zero-order valence-corrected chi connectivity index (χ0v) is 15.2. The van der Waals surface area contributed by atoms with E-state index in [9.17, 15) is 23.6 Å². The molecule has 26 heavy (non-hydrogen) atoms. The van der Waals surface area contributed by atoms with E-state index in [-0.39, 0.29) is 16.4 Å². The molecule has 1 aromatic heterocycles. The molecule has 0 bridgehead atoms. The quantitative estimate of drug-likeness (QED) is 0.753. The van der Waals surface area contributed by atoms with Crippen molar-refractivity contribution in [1.29, 1.82) is 0 Å². The number of amides is 1. The van der Waals surface area contributed by atoms with E-state index in [0.29, 0.717) is 24.3 Å². The third-order valence-electron chi connectivity index (χ3n) is 4.18. The molecule has 1 aromatic carbocycles. The van der Waals surface area contributed by atoms with Gasteiger partial charge in [0.25, 0.3) is 5.56 Å². The molecule has 1 saturated heterocycles. The number of hydroxylamine groups is 1. The minimum absolute atomic E-state index is 0.0642. The van der Waals surface area contributed by atoms with Crippen LogP contribution in [-0.4, -0.2) is 41.5 Å². The predicted octanol–water partition coefficient (Wildman–Crippen LogP) is 1.16. The molecule has 8 nitrogen and oxygen atoms in total. The summed E-state index contributed by atoms with van der Waals surface area (Å²) in [5.74, 6) is -0.505. The van der Waals surface area contributed by atoms with Crippen LogP contribution in [-0.2, 0) is 24.9 Å². The molecule has 2 atom stereocenters. The smallest absolute Gasteiger partial charge is 0.255 e. The summed E-state index contributed by atoms with van der Waals surface area (Å²) in [6.07, 6.45) is 2.42. The van der Waals surface area contributed by atoms with Crippen LogP contribution in [0.5, 0.6) is 0 Å². The number of hydrogen-bond donors (Lipinski definition) is 2. The molecule has 138 valence electrons. The molecule has 0 spiro atoms. The van der Waals surface area contributed by atoms with Crippen molar-refractivity contribution in [2.45, 2.75) is 18.9 Å². The first-order chi connectivity index (χ1) is 12.3. The molecule has 1 fully saturated rings. The van der Waals surface area contributed by atoms with Crippen LogP contribution < -0.4 is 10.5 Å². The second-order valence-corrected chi connectivity index (χ2v) is 8.40. The number of carbonyl (C=O) groups excluding carboxylic acids is 1. The Morgan fingerprint density at radius 2 is 1.77 bits per heavy atom. The lowest BCUT2D eigenvalue weighted by Crippen LogP contribution is -2.52. The first-order valence-corrected chi connectivity index (χ1v) is 10.2. The Morgan fingerprint density at radius 3 is 2.38 bits per heavy atom. The molecular formula is C16H17N3O5S2. The maximum atomic E-state index is 12.6. The highest BCUT2D eigenvalue weighted by Crippen LogP contribution is 2.25. The van der Waals surface area contributed by atoms with Gasteiger partial charge >= 0.3 is 0 Å². The van der Waals surface area contributed by atoms with E-state index in [2.05, 4.69) is 11.2 Å². The molecule has 10 heteroatoms. The summed E-state index contributed by atoms with van der Waals surface area (Å²) in [6.45, 7) is 0.415. The zero-order chi connectivity index (χ0) is 18.9. The first kappa shape index (κ1) is 18.7. The monoisotopic (exact) mass is 395 g/mol. The van der Waals surface area contributed by atoms with Crippen LogP contribution in [0.25, 0.3) is 5.69 Å². The summed E-state index contributed by atoms with van der Waals surface area (Å²) < 4.78 is 22.3. The van der Waals surface area contributed by atoms with Gasteiger partial charge in [-0.3, -0.25) is 23.9 Å². The molecule has 0 saturated carbocycles. The maximum Gasteiger partial charge on any atom is 0.255 e. The molecule has 2 aromatic rings. The fourth-order valence-corrected chi connectivity index (χ4v) is 3.74. The lowest BCUT2D eigenvalue weighted by atomic mass is 10.0. The Kier molecular flexibility index (Phi) is 5.21. The van der Waals surface area contributed by atoms with Gasteiger partial charge in [0.15, 0.2) is 0 Å². The van der Waals surface area contributed by atoms with Crippen LogP contribution in [0.4, 0.5) is 5.69 Å². The van der Waals surface area contributed by atoms with Crippen LogP contribution >= 0.6 is 0 Å². The van der Waals surface area contributed by atoms with Gasteiger partial charge in [-0.25, -0.2) is 4.21 Å². The van der Waals surface area contributed by atoms with E-state index < -0.39 is 20.9 Å². The molecule has 1 aliphatic rings. The normalized spacial score (nSPS) is 20.2. The summed E-state index contributed by atoms with van der Waals surface area (Å²) in [7, 11) is -4.05. The highest BCUT2D eigenvalue weighted by molar-refractivity contribution is 8.28. The topological polar surface area (TPSA) is 103 Å². The van der Waals surface area contributed by atoms with Crippen LogP contribution in [0.15, 0.2) is 53.5 Å². The van der Waals surface area contributed by atoms with E-state index >= 15 is 0 Å². The number of rotatable bonds is 4. The van der Waals surface area contributed by atoms with E-state index in [1.165, 1.54) is 15.5 Å². The second-order valence-electron chi connectivity index (χ2n) is 5.82. The van der Waals surface area contributed by atoms with Gasteiger partial charge in [0, 0.05) is 41.4 Å².